The summed E-state index contributed by atoms with van der Waals surface area (Å²) in [4.78, 5) is 46.8. The van der Waals surface area contributed by atoms with E-state index in [9.17, 15) is 14.4 Å². The highest BCUT2D eigenvalue weighted by atomic mass is 32.1. The van der Waals surface area contributed by atoms with Crippen LogP contribution in [0.25, 0.3) is 11.0 Å². The summed E-state index contributed by atoms with van der Waals surface area (Å²) in [5.74, 6) is -1.08. The van der Waals surface area contributed by atoms with Crippen molar-refractivity contribution < 1.29 is 14.0 Å². The molecule has 4 heterocycles. The van der Waals surface area contributed by atoms with E-state index in [0.29, 0.717) is 22.2 Å². The number of hydrogen-bond acceptors (Lipinski definition) is 7. The summed E-state index contributed by atoms with van der Waals surface area (Å²) in [5.41, 5.74) is 2.05. The van der Waals surface area contributed by atoms with Gasteiger partial charge in [0.15, 0.2) is 11.0 Å². The maximum absolute atomic E-state index is 14.9. The molecule has 41 heavy (non-hydrogen) atoms. The first kappa shape index (κ1) is 25.3. The Balaban J connectivity index is 1.57. The van der Waals surface area contributed by atoms with Crippen LogP contribution in [0.4, 0.5) is 10.8 Å². The van der Waals surface area contributed by atoms with Gasteiger partial charge in [-0.3, -0.25) is 19.3 Å². The third-order valence-corrected chi connectivity index (χ3v) is 9.25. The van der Waals surface area contributed by atoms with Crippen molar-refractivity contribution in [1.82, 2.24) is 10.2 Å². The van der Waals surface area contributed by atoms with Crippen molar-refractivity contribution in [3.63, 3.8) is 0 Å². The molecule has 7 rings (SSSR count). The summed E-state index contributed by atoms with van der Waals surface area (Å²) in [6.07, 6.45) is 0. The summed E-state index contributed by atoms with van der Waals surface area (Å²) in [6, 6.07) is 20.5. The fourth-order valence-electron chi connectivity index (χ4n) is 5.89. The minimum Gasteiger partial charge on any atom is -0.450 e. The molecule has 1 spiro atoms. The van der Waals surface area contributed by atoms with Crippen molar-refractivity contribution in [2.24, 2.45) is 0 Å². The van der Waals surface area contributed by atoms with Crippen LogP contribution in [0, 0.1) is 13.8 Å². The zero-order valence-corrected chi connectivity index (χ0v) is 23.8. The molecule has 0 aliphatic carbocycles. The van der Waals surface area contributed by atoms with Gasteiger partial charge in [0, 0.05) is 11.5 Å². The number of para-hydroxylation sites is 1. The number of fused-ring (bicyclic) bond motifs is 5. The van der Waals surface area contributed by atoms with Gasteiger partial charge in [-0.2, -0.15) is 0 Å². The minimum atomic E-state index is -1.79. The van der Waals surface area contributed by atoms with Crippen LogP contribution < -0.4 is 15.2 Å². The summed E-state index contributed by atoms with van der Waals surface area (Å²) >= 11 is 1.24. The van der Waals surface area contributed by atoms with Crippen LogP contribution in [0.5, 0.6) is 0 Å². The number of benzene rings is 3. The predicted octanol–water partition coefficient (Wildman–Crippen LogP) is 5.84. The Morgan fingerprint density at radius 1 is 0.927 bits per heavy atom. The van der Waals surface area contributed by atoms with Gasteiger partial charge in [-0.15, -0.1) is 10.2 Å². The number of aromatic nitrogens is 2. The number of anilines is 2. The van der Waals surface area contributed by atoms with Gasteiger partial charge in [0.1, 0.15) is 10.6 Å². The average molecular weight is 563 g/mol. The summed E-state index contributed by atoms with van der Waals surface area (Å²) in [7, 11) is 0. The van der Waals surface area contributed by atoms with E-state index in [1.165, 1.54) is 16.2 Å². The lowest BCUT2D eigenvalue weighted by atomic mass is 9.84. The number of rotatable bonds is 4. The Hall–Kier alpha value is -4.63. The highest BCUT2D eigenvalue weighted by Gasteiger charge is 2.66. The Morgan fingerprint density at radius 3 is 2.37 bits per heavy atom. The van der Waals surface area contributed by atoms with E-state index in [1.807, 2.05) is 82.3 Å². The molecular formula is C32H26N4O4S. The number of aryl methyl sites for hydroxylation is 2. The molecule has 1 atom stereocenters. The van der Waals surface area contributed by atoms with Crippen LogP contribution in [-0.2, 0) is 16.9 Å². The summed E-state index contributed by atoms with van der Waals surface area (Å²) < 4.78 is 6.24. The van der Waals surface area contributed by atoms with Crippen LogP contribution in [-0.4, -0.2) is 22.0 Å². The standard InChI is InChI=1S/C32H26N4O4S/c1-17(2)28-33-34-31(41-28)36-29(38)27-25(26(37)21-14-18(3)19(4)15-24(21)40-27)32(36)22-12-8-9-13-23(22)35(30(32)39)16-20-10-6-5-7-11-20/h5-15,17H,16H2,1-4H3. The SMILES string of the molecule is Cc1cc2oc3c(c(=O)c2cc1C)C1(C(=O)N(Cc2ccccc2)c2ccccc21)N(c1nnc(C(C)C)s1)C3=O. The molecule has 0 saturated carbocycles. The van der Waals surface area contributed by atoms with Crippen molar-refractivity contribution in [1.29, 1.82) is 0 Å². The van der Waals surface area contributed by atoms with E-state index in [0.717, 1.165) is 21.7 Å². The predicted molar refractivity (Wildman–Crippen MR) is 158 cm³/mol. The quantitative estimate of drug-likeness (QED) is 0.273. The van der Waals surface area contributed by atoms with Gasteiger partial charge in [0.25, 0.3) is 11.8 Å². The number of amides is 2. The van der Waals surface area contributed by atoms with Crippen LogP contribution in [0.1, 0.15) is 63.1 Å². The third kappa shape index (κ3) is 3.42. The van der Waals surface area contributed by atoms with Crippen molar-refractivity contribution in [3.05, 3.63) is 116 Å². The largest absolute Gasteiger partial charge is 0.450 e. The van der Waals surface area contributed by atoms with Gasteiger partial charge in [-0.25, -0.2) is 0 Å². The zero-order chi connectivity index (χ0) is 28.6. The maximum Gasteiger partial charge on any atom is 0.297 e. The monoisotopic (exact) mass is 562 g/mol. The molecule has 1 unspecified atom stereocenters. The maximum atomic E-state index is 14.9. The molecule has 0 N–H and O–H groups in total. The Labute approximate surface area is 239 Å². The van der Waals surface area contributed by atoms with Gasteiger partial charge < -0.3 is 9.32 Å². The van der Waals surface area contributed by atoms with Crippen molar-refractivity contribution in [2.45, 2.75) is 45.7 Å². The summed E-state index contributed by atoms with van der Waals surface area (Å²) in [5, 5.41) is 9.98. The van der Waals surface area contributed by atoms with E-state index in [1.54, 1.807) is 17.0 Å². The highest BCUT2D eigenvalue weighted by molar-refractivity contribution is 7.15. The van der Waals surface area contributed by atoms with Crippen LogP contribution >= 0.6 is 11.3 Å². The highest BCUT2D eigenvalue weighted by Crippen LogP contribution is 2.54. The van der Waals surface area contributed by atoms with Gasteiger partial charge in [-0.05, 0) is 48.7 Å². The van der Waals surface area contributed by atoms with Gasteiger partial charge in [-0.1, -0.05) is 73.7 Å². The smallest absolute Gasteiger partial charge is 0.297 e. The lowest BCUT2D eigenvalue weighted by Crippen LogP contribution is -2.53. The molecule has 0 saturated heterocycles. The fourth-order valence-corrected chi connectivity index (χ4v) is 6.79. The van der Waals surface area contributed by atoms with Crippen molar-refractivity contribution >= 4 is 44.9 Å². The molecule has 0 bridgehead atoms. The lowest BCUT2D eigenvalue weighted by molar-refractivity contribution is -0.121. The Kier molecular flexibility index (Phi) is 5.53. The number of carbonyl (C=O) groups excluding carboxylic acids is 2. The average Bonchev–Trinajstić information content (AvgIpc) is 3.61. The van der Waals surface area contributed by atoms with E-state index in [-0.39, 0.29) is 28.9 Å². The number of carbonyl (C=O) groups is 2. The van der Waals surface area contributed by atoms with E-state index in [4.69, 9.17) is 4.42 Å². The van der Waals surface area contributed by atoms with Gasteiger partial charge >= 0.3 is 0 Å². The van der Waals surface area contributed by atoms with Gasteiger partial charge in [0.2, 0.25) is 10.9 Å². The number of nitrogens with zero attached hydrogens (tertiary/aromatic N) is 4. The van der Waals surface area contributed by atoms with E-state index in [2.05, 4.69) is 10.2 Å². The molecule has 8 nitrogen and oxygen atoms in total. The van der Waals surface area contributed by atoms with Crippen molar-refractivity contribution in [2.75, 3.05) is 9.80 Å². The number of hydrogen-bond donors (Lipinski definition) is 0. The van der Waals surface area contributed by atoms with Crippen LogP contribution in [0.15, 0.2) is 75.9 Å². The normalized spacial score (nSPS) is 17.8. The molecule has 3 aromatic carbocycles. The van der Waals surface area contributed by atoms with E-state index < -0.39 is 22.8 Å². The van der Waals surface area contributed by atoms with Gasteiger partial charge in [0.05, 0.1) is 23.2 Å². The molecule has 2 aliphatic heterocycles. The molecule has 0 radical (unpaired) electrons. The molecule has 5 aromatic rings. The first-order valence-corrected chi connectivity index (χ1v) is 14.3. The molecule has 2 aliphatic rings. The molecule has 9 heteroatoms. The zero-order valence-electron chi connectivity index (χ0n) is 23.0. The van der Waals surface area contributed by atoms with Crippen LogP contribution in [0.3, 0.4) is 0 Å². The van der Waals surface area contributed by atoms with E-state index >= 15 is 0 Å². The van der Waals surface area contributed by atoms with Crippen LogP contribution in [0.2, 0.25) is 0 Å². The molecule has 204 valence electrons. The molecule has 0 fully saturated rings. The molecular weight excluding hydrogens is 536 g/mol. The Bertz CT molecular complexity index is 1960. The second-order valence-electron chi connectivity index (χ2n) is 10.9. The first-order chi connectivity index (χ1) is 19.7. The minimum absolute atomic E-state index is 0.0209. The summed E-state index contributed by atoms with van der Waals surface area (Å²) in [6.45, 7) is 8.08. The Morgan fingerprint density at radius 2 is 1.63 bits per heavy atom. The second kappa shape index (κ2) is 8.94. The lowest BCUT2D eigenvalue weighted by Gasteiger charge is -2.32. The fraction of sp³-hybridized carbons (Fsp3) is 0.219. The van der Waals surface area contributed by atoms with Crippen molar-refractivity contribution in [3.8, 4) is 0 Å². The molecule has 2 aromatic heterocycles. The first-order valence-electron chi connectivity index (χ1n) is 13.5. The third-order valence-electron chi connectivity index (χ3n) is 8.04. The topological polar surface area (TPSA) is 96.6 Å². The second-order valence-corrected chi connectivity index (χ2v) is 11.9. The molecule has 2 amide bonds.